The van der Waals surface area contributed by atoms with Crippen LogP contribution in [0.4, 0.5) is 0 Å². The second-order valence-corrected chi connectivity index (χ2v) is 14.1. The Morgan fingerprint density at radius 2 is 0.605 bits per heavy atom. The van der Waals surface area contributed by atoms with Gasteiger partial charge in [-0.15, -0.1) is 0 Å². The molecule has 0 saturated carbocycles. The number of nitrogens with two attached hydrogens (primary N) is 1. The number of hydrogen-bond donors (Lipinski definition) is 2. The molecule has 0 aliphatic carbocycles. The van der Waals surface area contributed by atoms with Crippen molar-refractivity contribution in [1.82, 2.24) is 0 Å². The second-order valence-electron chi connectivity index (χ2n) is 14.1. The summed E-state index contributed by atoms with van der Waals surface area (Å²) < 4.78 is 0. The zero-order chi connectivity index (χ0) is 30.4. The van der Waals surface area contributed by atoms with E-state index < -0.39 is 0 Å². The van der Waals surface area contributed by atoms with Crippen LogP contribution in [0.25, 0.3) is 0 Å². The minimum absolute atomic E-state index is 0. The van der Waals surface area contributed by atoms with E-state index in [1.54, 1.807) is 0 Å². The fourth-order valence-electron chi connectivity index (χ4n) is 6.79. The highest BCUT2D eigenvalue weighted by Gasteiger charge is 2.10. The molecule has 0 aromatic heterocycles. The van der Waals surface area contributed by atoms with Crippen LogP contribution in [0.15, 0.2) is 0 Å². The Hall–Kier alpha value is 0.210. The number of hydrogen-bond acceptors (Lipinski definition) is 1. The summed E-state index contributed by atoms with van der Waals surface area (Å²) in [6.45, 7) is 7.05. The van der Waals surface area contributed by atoms with Crippen LogP contribution in [0.2, 0.25) is 0 Å². The van der Waals surface area contributed by atoms with Crippen molar-refractivity contribution >= 4 is 0 Å². The molecule has 0 fully saturated rings. The minimum atomic E-state index is 0. The van der Waals surface area contributed by atoms with E-state index in [0.717, 1.165) is 12.5 Å². The van der Waals surface area contributed by atoms with Crippen LogP contribution in [-0.2, 0) is 0 Å². The van der Waals surface area contributed by atoms with Gasteiger partial charge in [0.1, 0.15) is 0 Å². The largest absolute Gasteiger partial charge is 1.00 e. The molecule has 3 heteroatoms. The van der Waals surface area contributed by atoms with Gasteiger partial charge in [0.05, 0.1) is 19.7 Å². The van der Waals surface area contributed by atoms with Crippen LogP contribution >= 0.6 is 0 Å². The number of aliphatic hydroxyl groups is 1. The Kier molecular flexibility index (Phi) is 44.5. The molecular formula is C40H84ClNO. The Morgan fingerprint density at radius 1 is 0.372 bits per heavy atom. The highest BCUT2D eigenvalue weighted by atomic mass is 35.5. The van der Waals surface area contributed by atoms with Crippen molar-refractivity contribution in [3.63, 3.8) is 0 Å². The first-order valence-corrected chi connectivity index (χ1v) is 20.3. The molecule has 0 rings (SSSR count). The molecule has 262 valence electrons. The van der Waals surface area contributed by atoms with Gasteiger partial charge in [-0.3, -0.25) is 0 Å². The Bertz CT molecular complexity index is 424. The summed E-state index contributed by atoms with van der Waals surface area (Å²) in [5, 5.41) is 11.6. The van der Waals surface area contributed by atoms with E-state index in [4.69, 9.17) is 0 Å². The first-order chi connectivity index (χ1) is 20.8. The Morgan fingerprint density at radius 3 is 0.837 bits per heavy atom. The lowest BCUT2D eigenvalue weighted by Gasteiger charge is -2.15. The summed E-state index contributed by atoms with van der Waals surface area (Å²) in [4.78, 5) is 0. The van der Waals surface area contributed by atoms with Crippen molar-refractivity contribution in [2.24, 2.45) is 5.92 Å². The van der Waals surface area contributed by atoms with Crippen molar-refractivity contribution in [1.29, 1.82) is 0 Å². The molecule has 0 aromatic carbocycles. The zero-order valence-corrected chi connectivity index (χ0v) is 30.9. The lowest BCUT2D eigenvalue weighted by Crippen LogP contribution is -3.00. The van der Waals surface area contributed by atoms with Crippen LogP contribution in [0.1, 0.15) is 232 Å². The minimum Gasteiger partial charge on any atom is -1.00 e. The van der Waals surface area contributed by atoms with Crippen LogP contribution in [-0.4, -0.2) is 24.8 Å². The number of unbranched alkanes of at least 4 members (excludes halogenated alkanes) is 30. The highest BCUT2D eigenvalue weighted by molar-refractivity contribution is 4.60. The zero-order valence-electron chi connectivity index (χ0n) is 30.1. The number of halogens is 1. The lowest BCUT2D eigenvalue weighted by molar-refractivity contribution is -0.661. The lowest BCUT2D eigenvalue weighted by atomic mass is 9.94. The van der Waals surface area contributed by atoms with Gasteiger partial charge in [0.15, 0.2) is 0 Å². The molecule has 0 amide bonds. The van der Waals surface area contributed by atoms with Crippen molar-refractivity contribution in [2.75, 3.05) is 19.7 Å². The fourth-order valence-corrected chi connectivity index (χ4v) is 6.79. The van der Waals surface area contributed by atoms with Crippen molar-refractivity contribution in [3.8, 4) is 0 Å². The number of rotatable bonds is 38. The molecule has 2 nitrogen and oxygen atoms in total. The van der Waals surface area contributed by atoms with Gasteiger partial charge in [0, 0.05) is 5.92 Å². The molecule has 0 spiro atoms. The Balaban J connectivity index is 0. The average molecular weight is 631 g/mol. The van der Waals surface area contributed by atoms with E-state index in [0.29, 0.717) is 6.61 Å². The molecule has 3 N–H and O–H groups in total. The van der Waals surface area contributed by atoms with E-state index in [2.05, 4.69) is 19.2 Å². The first kappa shape index (κ1) is 45.3. The van der Waals surface area contributed by atoms with E-state index in [9.17, 15) is 5.11 Å². The smallest absolute Gasteiger partial charge is 0.0990 e. The summed E-state index contributed by atoms with van der Waals surface area (Å²) in [6, 6.07) is 0. The Labute approximate surface area is 279 Å². The van der Waals surface area contributed by atoms with E-state index in [1.807, 2.05) is 0 Å². The molecule has 0 aliphatic heterocycles. The molecule has 0 atom stereocenters. The highest BCUT2D eigenvalue weighted by Crippen LogP contribution is 2.19. The first-order valence-electron chi connectivity index (χ1n) is 20.3. The standard InChI is InChI=1S/C40H83NO.ClH/c1-3-5-7-9-11-13-15-17-19-21-23-25-27-29-31-33-35-40(39-41-37-38-42)36-34-32-30-28-26-24-22-20-18-16-14-12-10-8-6-4-2;/h40-42H,3-39H2,1-2H3;1H. The monoisotopic (exact) mass is 630 g/mol. The van der Waals surface area contributed by atoms with Gasteiger partial charge in [-0.25, -0.2) is 0 Å². The third kappa shape index (κ3) is 40.2. The molecular weight excluding hydrogens is 546 g/mol. The molecule has 43 heavy (non-hydrogen) atoms. The summed E-state index contributed by atoms with van der Waals surface area (Å²) in [7, 11) is 0. The molecule has 0 radical (unpaired) electrons. The van der Waals surface area contributed by atoms with Crippen LogP contribution < -0.4 is 17.7 Å². The predicted octanol–water partition coefficient (Wildman–Crippen LogP) is 9.47. The van der Waals surface area contributed by atoms with E-state index in [1.165, 1.54) is 225 Å². The van der Waals surface area contributed by atoms with Gasteiger partial charge in [0.2, 0.25) is 0 Å². The molecule has 0 heterocycles. The third-order valence-electron chi connectivity index (χ3n) is 9.77. The molecule has 0 aromatic rings. The average Bonchev–Trinajstić information content (AvgIpc) is 3.00. The van der Waals surface area contributed by atoms with E-state index in [-0.39, 0.29) is 12.4 Å². The van der Waals surface area contributed by atoms with Crippen molar-refractivity contribution in [2.45, 2.75) is 232 Å². The van der Waals surface area contributed by atoms with Crippen LogP contribution in [0, 0.1) is 5.92 Å². The molecule has 0 aliphatic rings. The summed E-state index contributed by atoms with van der Waals surface area (Å²) in [5.74, 6) is 0.870. The fraction of sp³-hybridized carbons (Fsp3) is 1.00. The summed E-state index contributed by atoms with van der Waals surface area (Å²) in [6.07, 6.45) is 49.3. The maximum atomic E-state index is 9.20. The van der Waals surface area contributed by atoms with Gasteiger partial charge >= 0.3 is 0 Å². The summed E-state index contributed by atoms with van der Waals surface area (Å²) >= 11 is 0. The van der Waals surface area contributed by atoms with Crippen LogP contribution in [0.5, 0.6) is 0 Å². The van der Waals surface area contributed by atoms with Crippen molar-refractivity contribution in [3.05, 3.63) is 0 Å². The van der Waals surface area contributed by atoms with Crippen molar-refractivity contribution < 1.29 is 22.8 Å². The van der Waals surface area contributed by atoms with Gasteiger partial charge in [-0.05, 0) is 12.8 Å². The quantitative estimate of drug-likeness (QED) is 0.0656. The number of aliphatic hydroxyl groups excluding tert-OH is 1. The van der Waals surface area contributed by atoms with E-state index >= 15 is 0 Å². The maximum Gasteiger partial charge on any atom is 0.0990 e. The molecule has 0 saturated heterocycles. The van der Waals surface area contributed by atoms with Gasteiger partial charge < -0.3 is 22.8 Å². The summed E-state index contributed by atoms with van der Waals surface area (Å²) in [5.41, 5.74) is 0. The van der Waals surface area contributed by atoms with Crippen LogP contribution in [0.3, 0.4) is 0 Å². The SMILES string of the molecule is CCCCCCCCCCCCCCCCCCC(CCCCCCCCCCCCCCCCCC)C[NH2+]CCO.[Cl-]. The predicted molar refractivity (Wildman–Crippen MR) is 191 cm³/mol. The topological polar surface area (TPSA) is 36.8 Å². The number of quaternary nitrogens is 1. The molecule has 0 unspecified atom stereocenters. The van der Waals surface area contributed by atoms with Gasteiger partial charge in [-0.1, -0.05) is 219 Å². The van der Waals surface area contributed by atoms with Gasteiger partial charge in [0.25, 0.3) is 0 Å². The second kappa shape index (κ2) is 42.2. The normalized spacial score (nSPS) is 11.4. The molecule has 0 bridgehead atoms. The maximum absolute atomic E-state index is 9.20. The van der Waals surface area contributed by atoms with Gasteiger partial charge in [-0.2, -0.15) is 0 Å². The third-order valence-corrected chi connectivity index (χ3v) is 9.77.